The van der Waals surface area contributed by atoms with E-state index >= 15 is 0 Å². The number of likely N-dealkylation sites (tertiary alicyclic amines) is 1. The van der Waals surface area contributed by atoms with Gasteiger partial charge >= 0.3 is 0 Å². The van der Waals surface area contributed by atoms with Crippen LogP contribution in [0.1, 0.15) is 30.9 Å². The first kappa shape index (κ1) is 15.5. The van der Waals surface area contributed by atoms with Crippen LogP contribution in [0.3, 0.4) is 0 Å². The second-order valence-corrected chi connectivity index (χ2v) is 5.92. The predicted molar refractivity (Wildman–Crippen MR) is 93.8 cm³/mol. The third-order valence-corrected chi connectivity index (χ3v) is 4.19. The molecule has 1 heterocycles. The molecular weight excluding hydrogens is 284 g/mol. The van der Waals surface area contributed by atoms with Gasteiger partial charge in [-0.05, 0) is 19.8 Å². The number of carbonyl (C=O) groups is 1. The summed E-state index contributed by atoms with van der Waals surface area (Å²) in [5.74, 6) is 0.131. The minimum absolute atomic E-state index is 0.131. The van der Waals surface area contributed by atoms with E-state index in [9.17, 15) is 4.79 Å². The van der Waals surface area contributed by atoms with Gasteiger partial charge in [0.25, 0.3) is 0 Å². The number of rotatable bonds is 4. The van der Waals surface area contributed by atoms with Crippen molar-refractivity contribution in [3.05, 3.63) is 71.8 Å². The number of benzene rings is 2. The monoisotopic (exact) mass is 306 g/mol. The maximum absolute atomic E-state index is 12.6. The van der Waals surface area contributed by atoms with Crippen LogP contribution in [0.2, 0.25) is 0 Å². The molecule has 0 N–H and O–H groups in total. The van der Waals surface area contributed by atoms with Crippen LogP contribution < -0.4 is 0 Å². The molecule has 23 heavy (non-hydrogen) atoms. The summed E-state index contributed by atoms with van der Waals surface area (Å²) < 4.78 is 0. The second-order valence-electron chi connectivity index (χ2n) is 5.92. The third kappa shape index (κ3) is 3.67. The SMILES string of the molecule is CC(N=C(c1ccccc1)c1ccccc1)C(=O)N1CCCC1. The molecule has 0 saturated carbocycles. The second kappa shape index (κ2) is 7.23. The molecule has 3 heteroatoms. The number of carbonyl (C=O) groups excluding carboxylic acids is 1. The van der Waals surface area contributed by atoms with E-state index in [1.165, 1.54) is 0 Å². The zero-order chi connectivity index (χ0) is 16.1. The molecule has 1 fully saturated rings. The van der Waals surface area contributed by atoms with Gasteiger partial charge in [-0.1, -0.05) is 60.7 Å². The van der Waals surface area contributed by atoms with Gasteiger partial charge < -0.3 is 4.90 Å². The van der Waals surface area contributed by atoms with E-state index in [2.05, 4.69) is 0 Å². The maximum atomic E-state index is 12.6. The molecule has 0 aliphatic carbocycles. The fourth-order valence-electron chi connectivity index (χ4n) is 2.96. The predicted octanol–water partition coefficient (Wildman–Crippen LogP) is 3.53. The number of amides is 1. The standard InChI is InChI=1S/C20H22N2O/c1-16(20(23)22-14-8-9-15-22)21-19(17-10-4-2-5-11-17)18-12-6-3-7-13-18/h2-7,10-13,16H,8-9,14-15H2,1H3. The smallest absolute Gasteiger partial charge is 0.247 e. The van der Waals surface area contributed by atoms with Crippen molar-refractivity contribution in [2.24, 2.45) is 4.99 Å². The lowest BCUT2D eigenvalue weighted by Gasteiger charge is -2.19. The molecule has 3 rings (SSSR count). The molecule has 1 unspecified atom stereocenters. The highest BCUT2D eigenvalue weighted by Gasteiger charge is 2.23. The van der Waals surface area contributed by atoms with E-state index in [4.69, 9.17) is 4.99 Å². The topological polar surface area (TPSA) is 32.7 Å². The summed E-state index contributed by atoms with van der Waals surface area (Å²) in [4.78, 5) is 19.3. The molecule has 0 bridgehead atoms. The molecule has 2 aromatic carbocycles. The molecule has 3 nitrogen and oxygen atoms in total. The average Bonchev–Trinajstić information content (AvgIpc) is 3.15. The Labute approximate surface area is 137 Å². The van der Waals surface area contributed by atoms with Gasteiger partial charge in [-0.2, -0.15) is 0 Å². The Morgan fingerprint density at radius 1 is 0.913 bits per heavy atom. The molecule has 1 amide bonds. The molecule has 118 valence electrons. The summed E-state index contributed by atoms with van der Waals surface area (Å²) in [5, 5.41) is 0. The Morgan fingerprint density at radius 2 is 1.39 bits per heavy atom. The van der Waals surface area contributed by atoms with E-state index in [1.54, 1.807) is 0 Å². The Balaban J connectivity index is 1.93. The summed E-state index contributed by atoms with van der Waals surface area (Å²) in [6.07, 6.45) is 2.21. The molecule has 1 aliphatic heterocycles. The van der Waals surface area contributed by atoms with Crippen molar-refractivity contribution in [3.8, 4) is 0 Å². The van der Waals surface area contributed by atoms with E-state index in [0.29, 0.717) is 0 Å². The molecule has 0 radical (unpaired) electrons. The first-order valence-electron chi connectivity index (χ1n) is 8.23. The first-order valence-corrected chi connectivity index (χ1v) is 8.23. The van der Waals surface area contributed by atoms with Crippen LogP contribution in [-0.2, 0) is 4.79 Å². The molecule has 0 spiro atoms. The Hall–Kier alpha value is -2.42. The minimum Gasteiger partial charge on any atom is -0.341 e. The summed E-state index contributed by atoms with van der Waals surface area (Å²) in [5.41, 5.74) is 2.96. The van der Waals surface area contributed by atoms with Gasteiger partial charge in [-0.25, -0.2) is 0 Å². The number of hydrogen-bond acceptors (Lipinski definition) is 2. The van der Waals surface area contributed by atoms with Crippen LogP contribution in [0, 0.1) is 0 Å². The highest BCUT2D eigenvalue weighted by atomic mass is 16.2. The normalized spacial score (nSPS) is 15.3. The van der Waals surface area contributed by atoms with Crippen LogP contribution in [0.15, 0.2) is 65.7 Å². The largest absolute Gasteiger partial charge is 0.341 e. The molecule has 1 saturated heterocycles. The Kier molecular flexibility index (Phi) is 4.86. The Bertz CT molecular complexity index is 632. The lowest BCUT2D eigenvalue weighted by molar-refractivity contribution is -0.131. The summed E-state index contributed by atoms with van der Waals surface area (Å²) in [6, 6.07) is 19.8. The first-order chi connectivity index (χ1) is 11.3. The van der Waals surface area contributed by atoms with Gasteiger partial charge in [0, 0.05) is 24.2 Å². The van der Waals surface area contributed by atoms with Gasteiger partial charge in [0.1, 0.15) is 6.04 Å². The van der Waals surface area contributed by atoms with Crippen molar-refractivity contribution in [1.82, 2.24) is 4.90 Å². The van der Waals surface area contributed by atoms with Crippen molar-refractivity contribution in [3.63, 3.8) is 0 Å². The number of nitrogens with zero attached hydrogens (tertiary/aromatic N) is 2. The fourth-order valence-corrected chi connectivity index (χ4v) is 2.96. The number of hydrogen-bond donors (Lipinski definition) is 0. The van der Waals surface area contributed by atoms with Gasteiger partial charge in [0.2, 0.25) is 5.91 Å². The van der Waals surface area contributed by atoms with Crippen LogP contribution in [-0.4, -0.2) is 35.7 Å². The van der Waals surface area contributed by atoms with E-state index in [0.717, 1.165) is 42.8 Å². The summed E-state index contributed by atoms with van der Waals surface area (Å²) in [7, 11) is 0. The van der Waals surface area contributed by atoms with Crippen LogP contribution >= 0.6 is 0 Å². The summed E-state index contributed by atoms with van der Waals surface area (Å²) >= 11 is 0. The van der Waals surface area contributed by atoms with Gasteiger partial charge in [0.05, 0.1) is 5.71 Å². The zero-order valence-electron chi connectivity index (χ0n) is 13.5. The highest BCUT2D eigenvalue weighted by Crippen LogP contribution is 2.15. The van der Waals surface area contributed by atoms with E-state index in [1.807, 2.05) is 72.5 Å². The molecule has 1 aliphatic rings. The van der Waals surface area contributed by atoms with Crippen molar-refractivity contribution in [2.75, 3.05) is 13.1 Å². The molecular formula is C20H22N2O. The van der Waals surface area contributed by atoms with Crippen LogP contribution in [0.25, 0.3) is 0 Å². The van der Waals surface area contributed by atoms with Crippen molar-refractivity contribution in [2.45, 2.75) is 25.8 Å². The van der Waals surface area contributed by atoms with Crippen molar-refractivity contribution in [1.29, 1.82) is 0 Å². The molecule has 1 atom stereocenters. The maximum Gasteiger partial charge on any atom is 0.247 e. The Morgan fingerprint density at radius 3 is 1.87 bits per heavy atom. The number of aliphatic imine (C=N–C) groups is 1. The zero-order valence-corrected chi connectivity index (χ0v) is 13.5. The lowest BCUT2D eigenvalue weighted by Crippen LogP contribution is -2.35. The molecule has 0 aromatic heterocycles. The highest BCUT2D eigenvalue weighted by molar-refractivity contribution is 6.13. The van der Waals surface area contributed by atoms with E-state index in [-0.39, 0.29) is 11.9 Å². The van der Waals surface area contributed by atoms with E-state index < -0.39 is 0 Å². The minimum atomic E-state index is -0.358. The summed E-state index contributed by atoms with van der Waals surface area (Å²) in [6.45, 7) is 3.63. The van der Waals surface area contributed by atoms with Gasteiger partial charge in [-0.15, -0.1) is 0 Å². The third-order valence-electron chi connectivity index (χ3n) is 4.19. The van der Waals surface area contributed by atoms with Gasteiger partial charge in [-0.3, -0.25) is 9.79 Å². The van der Waals surface area contributed by atoms with Crippen molar-refractivity contribution >= 4 is 11.6 Å². The van der Waals surface area contributed by atoms with Crippen molar-refractivity contribution < 1.29 is 4.79 Å². The average molecular weight is 306 g/mol. The lowest BCUT2D eigenvalue weighted by atomic mass is 10.0. The fraction of sp³-hybridized carbons (Fsp3) is 0.300. The van der Waals surface area contributed by atoms with Crippen LogP contribution in [0.4, 0.5) is 0 Å². The van der Waals surface area contributed by atoms with Crippen LogP contribution in [0.5, 0.6) is 0 Å². The van der Waals surface area contributed by atoms with Gasteiger partial charge in [0.15, 0.2) is 0 Å². The molecule has 2 aromatic rings. The quantitative estimate of drug-likeness (QED) is 0.795.